The molecular formula is C14H12ClF2NO2S2. The van der Waals surface area contributed by atoms with Gasteiger partial charge in [0.25, 0.3) is 0 Å². The van der Waals surface area contributed by atoms with E-state index in [1.165, 1.54) is 17.4 Å². The summed E-state index contributed by atoms with van der Waals surface area (Å²) in [5.41, 5.74) is 0. The maximum Gasteiger partial charge on any atom is 0.243 e. The second-order valence-corrected chi connectivity index (χ2v) is 8.13. The smallest absolute Gasteiger partial charge is 0.207 e. The molecule has 0 atom stereocenters. The molecule has 118 valence electrons. The van der Waals surface area contributed by atoms with Crippen LogP contribution in [0.1, 0.15) is 4.88 Å². The molecule has 0 fully saturated rings. The van der Waals surface area contributed by atoms with Gasteiger partial charge in [0.1, 0.15) is 11.6 Å². The van der Waals surface area contributed by atoms with E-state index >= 15 is 0 Å². The van der Waals surface area contributed by atoms with Gasteiger partial charge in [-0.05, 0) is 24.3 Å². The lowest BCUT2D eigenvalue weighted by atomic mass is 10.3. The van der Waals surface area contributed by atoms with Gasteiger partial charge in [-0.25, -0.2) is 17.2 Å². The fraction of sp³-hybridized carbons (Fsp3) is 0.143. The quantitative estimate of drug-likeness (QED) is 0.726. The van der Waals surface area contributed by atoms with Crippen LogP contribution in [0, 0.1) is 11.6 Å². The number of rotatable bonds is 6. The van der Waals surface area contributed by atoms with Crippen molar-refractivity contribution in [1.29, 1.82) is 0 Å². The van der Waals surface area contributed by atoms with E-state index in [1.807, 2.05) is 0 Å². The van der Waals surface area contributed by atoms with Crippen LogP contribution in [0.3, 0.4) is 0 Å². The second-order valence-electron chi connectivity index (χ2n) is 4.40. The van der Waals surface area contributed by atoms with Gasteiger partial charge in [0.2, 0.25) is 10.0 Å². The second kappa shape index (κ2) is 6.87. The highest BCUT2D eigenvalue weighted by Gasteiger charge is 2.25. The van der Waals surface area contributed by atoms with Crippen LogP contribution in [0.4, 0.5) is 8.78 Å². The maximum atomic E-state index is 13.3. The van der Waals surface area contributed by atoms with Gasteiger partial charge in [-0.2, -0.15) is 4.31 Å². The van der Waals surface area contributed by atoms with Crippen molar-refractivity contribution in [3.63, 3.8) is 0 Å². The molecule has 1 heterocycles. The monoisotopic (exact) mass is 363 g/mol. The molecule has 0 aliphatic carbocycles. The first-order valence-electron chi connectivity index (χ1n) is 6.14. The lowest BCUT2D eigenvalue weighted by Crippen LogP contribution is -2.30. The first-order chi connectivity index (χ1) is 10.3. The highest BCUT2D eigenvalue weighted by Crippen LogP contribution is 2.26. The Bertz CT molecular complexity index is 770. The summed E-state index contributed by atoms with van der Waals surface area (Å²) >= 11 is 7.06. The molecule has 0 N–H and O–H groups in total. The zero-order valence-electron chi connectivity index (χ0n) is 11.3. The van der Waals surface area contributed by atoms with E-state index in [9.17, 15) is 17.2 Å². The molecule has 8 heteroatoms. The van der Waals surface area contributed by atoms with E-state index < -0.39 is 26.6 Å². The van der Waals surface area contributed by atoms with Crippen molar-refractivity contribution < 1.29 is 17.2 Å². The zero-order valence-corrected chi connectivity index (χ0v) is 13.7. The van der Waals surface area contributed by atoms with Crippen LogP contribution >= 0.6 is 22.9 Å². The van der Waals surface area contributed by atoms with E-state index in [4.69, 9.17) is 11.6 Å². The molecule has 2 aromatic rings. The third-order valence-corrected chi connectivity index (χ3v) is 5.77. The minimum absolute atomic E-state index is 0.00991. The van der Waals surface area contributed by atoms with Crippen molar-refractivity contribution in [2.24, 2.45) is 0 Å². The minimum atomic E-state index is -4.05. The fourth-order valence-corrected chi connectivity index (χ4v) is 4.45. The van der Waals surface area contributed by atoms with Crippen molar-refractivity contribution in [3.05, 3.63) is 63.8 Å². The van der Waals surface area contributed by atoms with E-state index in [1.54, 1.807) is 12.1 Å². The van der Waals surface area contributed by atoms with Gasteiger partial charge < -0.3 is 0 Å². The Morgan fingerprint density at radius 3 is 2.36 bits per heavy atom. The SMILES string of the molecule is C=CCN(Cc1ccc(Cl)s1)S(=O)(=O)c1cc(F)cc(F)c1. The third kappa shape index (κ3) is 3.92. The predicted molar refractivity (Wildman–Crippen MR) is 83.5 cm³/mol. The Labute approximate surface area is 136 Å². The minimum Gasteiger partial charge on any atom is -0.207 e. The molecule has 1 aromatic carbocycles. The number of benzene rings is 1. The first-order valence-corrected chi connectivity index (χ1v) is 8.77. The molecule has 0 saturated carbocycles. The molecule has 0 radical (unpaired) electrons. The van der Waals surface area contributed by atoms with E-state index in [-0.39, 0.29) is 13.1 Å². The topological polar surface area (TPSA) is 37.4 Å². The summed E-state index contributed by atoms with van der Waals surface area (Å²) in [6, 6.07) is 5.55. The van der Waals surface area contributed by atoms with Crippen molar-refractivity contribution in [2.75, 3.05) is 6.54 Å². The average molecular weight is 364 g/mol. The summed E-state index contributed by atoms with van der Waals surface area (Å²) in [5.74, 6) is -1.90. The Balaban J connectivity index is 2.38. The molecule has 22 heavy (non-hydrogen) atoms. The summed E-state index contributed by atoms with van der Waals surface area (Å²) in [6.45, 7) is 3.57. The third-order valence-electron chi connectivity index (χ3n) is 2.77. The molecule has 0 aliphatic heterocycles. The lowest BCUT2D eigenvalue weighted by molar-refractivity contribution is 0.440. The van der Waals surface area contributed by atoms with Gasteiger partial charge in [0, 0.05) is 24.0 Å². The summed E-state index contributed by atoms with van der Waals surface area (Å²) in [4.78, 5) is 0.279. The van der Waals surface area contributed by atoms with Crippen LogP contribution in [-0.2, 0) is 16.6 Å². The number of halogens is 3. The molecule has 1 aromatic heterocycles. The maximum absolute atomic E-state index is 13.3. The summed E-state index contributed by atoms with van der Waals surface area (Å²) in [5, 5.41) is 0. The number of thiophene rings is 1. The largest absolute Gasteiger partial charge is 0.243 e. The Hall–Kier alpha value is -1.28. The highest BCUT2D eigenvalue weighted by molar-refractivity contribution is 7.89. The average Bonchev–Trinajstić information content (AvgIpc) is 2.82. The molecule has 3 nitrogen and oxygen atoms in total. The zero-order chi connectivity index (χ0) is 16.3. The van der Waals surface area contributed by atoms with E-state index in [0.29, 0.717) is 15.3 Å². The van der Waals surface area contributed by atoms with Gasteiger partial charge in [-0.15, -0.1) is 17.9 Å². The van der Waals surface area contributed by atoms with Gasteiger partial charge >= 0.3 is 0 Å². The van der Waals surface area contributed by atoms with E-state index in [0.717, 1.165) is 16.4 Å². The molecule has 0 unspecified atom stereocenters. The normalized spacial score (nSPS) is 11.8. The highest BCUT2D eigenvalue weighted by atomic mass is 35.5. The predicted octanol–water partition coefficient (Wildman–Crippen LogP) is 4.06. The van der Waals surface area contributed by atoms with Crippen LogP contribution in [0.25, 0.3) is 0 Å². The number of nitrogens with zero attached hydrogens (tertiary/aromatic N) is 1. The fourth-order valence-electron chi connectivity index (χ4n) is 1.83. The van der Waals surface area contributed by atoms with Crippen LogP contribution in [0.5, 0.6) is 0 Å². The van der Waals surface area contributed by atoms with Crippen molar-refractivity contribution in [2.45, 2.75) is 11.4 Å². The Morgan fingerprint density at radius 1 is 1.23 bits per heavy atom. The van der Waals surface area contributed by atoms with Crippen LogP contribution in [0.2, 0.25) is 4.34 Å². The van der Waals surface area contributed by atoms with Gasteiger partial charge in [0.05, 0.1) is 9.23 Å². The Kier molecular flexibility index (Phi) is 5.33. The summed E-state index contributed by atoms with van der Waals surface area (Å²) < 4.78 is 53.3. The van der Waals surface area contributed by atoms with E-state index in [2.05, 4.69) is 6.58 Å². The Morgan fingerprint density at radius 2 is 1.86 bits per heavy atom. The van der Waals surface area contributed by atoms with Gasteiger partial charge in [0.15, 0.2) is 0 Å². The molecule has 0 aliphatic rings. The molecular weight excluding hydrogens is 352 g/mol. The van der Waals surface area contributed by atoms with Crippen LogP contribution in [-0.4, -0.2) is 19.3 Å². The lowest BCUT2D eigenvalue weighted by Gasteiger charge is -2.20. The number of sulfonamides is 1. The van der Waals surface area contributed by atoms with Crippen molar-refractivity contribution >= 4 is 33.0 Å². The molecule has 0 spiro atoms. The van der Waals surface area contributed by atoms with Crippen molar-refractivity contribution in [3.8, 4) is 0 Å². The van der Waals surface area contributed by atoms with Gasteiger partial charge in [-0.3, -0.25) is 0 Å². The van der Waals surface area contributed by atoms with Crippen molar-refractivity contribution in [1.82, 2.24) is 4.31 Å². The summed E-state index contributed by atoms with van der Waals surface area (Å²) in [7, 11) is -4.05. The first kappa shape index (κ1) is 17.1. The number of hydrogen-bond donors (Lipinski definition) is 0. The van der Waals surface area contributed by atoms with Gasteiger partial charge in [-0.1, -0.05) is 17.7 Å². The standard InChI is InChI=1S/C14H12ClF2NO2S2/c1-2-5-18(9-12-3-4-14(15)21-12)22(19,20)13-7-10(16)6-11(17)8-13/h2-4,6-8H,1,5,9H2. The summed E-state index contributed by atoms with van der Waals surface area (Å²) in [6.07, 6.45) is 1.41. The van der Waals surface area contributed by atoms with Crippen LogP contribution in [0.15, 0.2) is 47.9 Å². The molecule has 0 bridgehead atoms. The molecule has 0 amide bonds. The molecule has 0 saturated heterocycles. The molecule has 2 rings (SSSR count). The number of hydrogen-bond acceptors (Lipinski definition) is 3. The van der Waals surface area contributed by atoms with Crippen LogP contribution < -0.4 is 0 Å².